The fourth-order valence-corrected chi connectivity index (χ4v) is 1.96. The number of amides is 1. The number of aromatic nitrogens is 1. The maximum atomic E-state index is 12.2. The molecule has 1 amide bonds. The number of carbonyl (C=O) groups excluding carboxylic acids is 1. The van der Waals surface area contributed by atoms with Crippen molar-refractivity contribution in [2.24, 2.45) is 0 Å². The number of nitrogens with two attached hydrogens (primary N) is 1. The second kappa shape index (κ2) is 5.64. The molecule has 2 rings (SSSR count). The molecule has 0 unspecified atom stereocenters. The molecule has 5 nitrogen and oxygen atoms in total. The van der Waals surface area contributed by atoms with Crippen LogP contribution in [0.15, 0.2) is 30.0 Å². The molecule has 1 aromatic rings. The quantitative estimate of drug-likeness (QED) is 0.812. The Morgan fingerprint density at radius 1 is 1.61 bits per heavy atom. The van der Waals surface area contributed by atoms with E-state index in [9.17, 15) is 4.79 Å². The molecule has 1 aliphatic rings. The molecule has 0 radical (unpaired) electrons. The van der Waals surface area contributed by atoms with Gasteiger partial charge in [-0.15, -0.1) is 0 Å². The summed E-state index contributed by atoms with van der Waals surface area (Å²) in [5, 5.41) is 0. The number of carbonyl (C=O) groups is 1. The normalized spacial score (nSPS) is 15.4. The van der Waals surface area contributed by atoms with E-state index in [1.807, 2.05) is 6.08 Å². The van der Waals surface area contributed by atoms with Crippen LogP contribution in [0.5, 0.6) is 0 Å². The van der Waals surface area contributed by atoms with Crippen LogP contribution in [0.1, 0.15) is 16.9 Å². The molecule has 0 fully saturated rings. The molecule has 2 N–H and O–H groups in total. The first-order valence-electron chi connectivity index (χ1n) is 5.89. The Morgan fingerprint density at radius 2 is 2.44 bits per heavy atom. The van der Waals surface area contributed by atoms with E-state index in [2.05, 4.69) is 4.98 Å². The lowest BCUT2D eigenvalue weighted by Crippen LogP contribution is -2.36. The highest BCUT2D eigenvalue weighted by Gasteiger charge is 2.21. The highest BCUT2D eigenvalue weighted by molar-refractivity contribution is 5.97. The summed E-state index contributed by atoms with van der Waals surface area (Å²) >= 11 is 0. The van der Waals surface area contributed by atoms with E-state index < -0.39 is 0 Å². The van der Waals surface area contributed by atoms with Crippen LogP contribution in [-0.4, -0.2) is 42.6 Å². The molecule has 0 aromatic carbocycles. The molecule has 0 aliphatic carbocycles. The molecular weight excluding hydrogens is 230 g/mol. The van der Waals surface area contributed by atoms with Crippen molar-refractivity contribution < 1.29 is 9.53 Å². The zero-order chi connectivity index (χ0) is 13.0. The summed E-state index contributed by atoms with van der Waals surface area (Å²) in [5.74, 6) is -0.110. The molecule has 96 valence electrons. The van der Waals surface area contributed by atoms with E-state index in [4.69, 9.17) is 10.5 Å². The Kier molecular flexibility index (Phi) is 3.94. The second-order valence-electron chi connectivity index (χ2n) is 4.24. The first-order chi connectivity index (χ1) is 8.72. The number of pyridine rings is 1. The van der Waals surface area contributed by atoms with Crippen molar-refractivity contribution in [1.29, 1.82) is 0 Å². The van der Waals surface area contributed by atoms with E-state index in [0.29, 0.717) is 31.1 Å². The monoisotopic (exact) mass is 247 g/mol. The molecule has 1 aromatic heterocycles. The van der Waals surface area contributed by atoms with Crippen molar-refractivity contribution in [3.63, 3.8) is 0 Å². The summed E-state index contributed by atoms with van der Waals surface area (Å²) in [6, 6.07) is 3.41. The third-order valence-electron chi connectivity index (χ3n) is 2.96. The minimum Gasteiger partial charge on any atom is -0.397 e. The van der Waals surface area contributed by atoms with Gasteiger partial charge in [0.05, 0.1) is 12.3 Å². The highest BCUT2D eigenvalue weighted by Crippen LogP contribution is 2.16. The van der Waals surface area contributed by atoms with Crippen molar-refractivity contribution in [3.8, 4) is 0 Å². The van der Waals surface area contributed by atoms with Gasteiger partial charge >= 0.3 is 0 Å². The van der Waals surface area contributed by atoms with Gasteiger partial charge in [0.1, 0.15) is 0 Å². The largest absolute Gasteiger partial charge is 0.397 e. The fraction of sp³-hybridized carbons (Fsp3) is 0.385. The molecule has 0 bridgehead atoms. The van der Waals surface area contributed by atoms with Gasteiger partial charge in [0.2, 0.25) is 0 Å². The number of nitrogen functional groups attached to an aromatic ring is 1. The first-order valence-corrected chi connectivity index (χ1v) is 5.89. The van der Waals surface area contributed by atoms with Gasteiger partial charge in [0.15, 0.2) is 5.69 Å². The lowest BCUT2D eigenvalue weighted by Gasteiger charge is -2.26. The smallest absolute Gasteiger partial charge is 0.274 e. The lowest BCUT2D eigenvalue weighted by molar-refractivity contribution is 0.0760. The van der Waals surface area contributed by atoms with Crippen molar-refractivity contribution in [1.82, 2.24) is 9.88 Å². The SMILES string of the molecule is COCC1=CCN(C(=O)c2ncccc2N)CC1. The van der Waals surface area contributed by atoms with Gasteiger partial charge in [0.25, 0.3) is 5.91 Å². The van der Waals surface area contributed by atoms with E-state index in [-0.39, 0.29) is 5.91 Å². The van der Waals surface area contributed by atoms with Gasteiger partial charge < -0.3 is 15.4 Å². The van der Waals surface area contributed by atoms with Gasteiger partial charge in [-0.25, -0.2) is 4.98 Å². The third-order valence-corrected chi connectivity index (χ3v) is 2.96. The summed E-state index contributed by atoms with van der Waals surface area (Å²) < 4.78 is 5.08. The Morgan fingerprint density at radius 3 is 3.06 bits per heavy atom. The summed E-state index contributed by atoms with van der Waals surface area (Å²) in [4.78, 5) is 18.0. The van der Waals surface area contributed by atoms with Gasteiger partial charge in [-0.1, -0.05) is 6.08 Å². The van der Waals surface area contributed by atoms with Crippen LogP contribution in [0.25, 0.3) is 0 Å². The van der Waals surface area contributed by atoms with E-state index in [0.717, 1.165) is 6.42 Å². The molecule has 0 spiro atoms. The van der Waals surface area contributed by atoms with Gasteiger partial charge in [-0.05, 0) is 24.1 Å². The molecular formula is C13H17N3O2. The van der Waals surface area contributed by atoms with Crippen molar-refractivity contribution in [2.75, 3.05) is 32.5 Å². The van der Waals surface area contributed by atoms with Gasteiger partial charge in [-0.2, -0.15) is 0 Å². The van der Waals surface area contributed by atoms with E-state index >= 15 is 0 Å². The molecule has 2 heterocycles. The van der Waals surface area contributed by atoms with Gasteiger partial charge in [0, 0.05) is 26.4 Å². The topological polar surface area (TPSA) is 68.5 Å². The number of hydrogen-bond acceptors (Lipinski definition) is 4. The minimum absolute atomic E-state index is 0.110. The van der Waals surface area contributed by atoms with Crippen LogP contribution < -0.4 is 5.73 Å². The predicted molar refractivity (Wildman–Crippen MR) is 69.1 cm³/mol. The highest BCUT2D eigenvalue weighted by atomic mass is 16.5. The Labute approximate surface area is 106 Å². The third kappa shape index (κ3) is 2.68. The molecule has 5 heteroatoms. The van der Waals surface area contributed by atoms with Crippen LogP contribution >= 0.6 is 0 Å². The summed E-state index contributed by atoms with van der Waals surface area (Å²) in [7, 11) is 1.67. The molecule has 1 aliphatic heterocycles. The maximum absolute atomic E-state index is 12.2. The minimum atomic E-state index is -0.110. The predicted octanol–water partition coefficient (Wildman–Crippen LogP) is 1.08. The summed E-state index contributed by atoms with van der Waals surface area (Å²) in [6.07, 6.45) is 4.45. The first kappa shape index (κ1) is 12.6. The fourth-order valence-electron chi connectivity index (χ4n) is 1.96. The molecule has 18 heavy (non-hydrogen) atoms. The zero-order valence-corrected chi connectivity index (χ0v) is 10.4. The number of anilines is 1. The average molecular weight is 247 g/mol. The maximum Gasteiger partial charge on any atom is 0.274 e. The number of rotatable bonds is 3. The van der Waals surface area contributed by atoms with Crippen LogP contribution in [0.3, 0.4) is 0 Å². The van der Waals surface area contributed by atoms with E-state index in [1.54, 1.807) is 30.3 Å². The van der Waals surface area contributed by atoms with Crippen molar-refractivity contribution in [2.45, 2.75) is 6.42 Å². The molecule has 0 saturated heterocycles. The van der Waals surface area contributed by atoms with Crippen LogP contribution in [0, 0.1) is 0 Å². The van der Waals surface area contributed by atoms with Crippen LogP contribution in [0.4, 0.5) is 5.69 Å². The molecule has 0 saturated carbocycles. The van der Waals surface area contributed by atoms with Crippen LogP contribution in [0.2, 0.25) is 0 Å². The zero-order valence-electron chi connectivity index (χ0n) is 10.4. The number of methoxy groups -OCH3 is 1. The second-order valence-corrected chi connectivity index (χ2v) is 4.24. The number of hydrogen-bond donors (Lipinski definition) is 1. The number of nitrogens with zero attached hydrogens (tertiary/aromatic N) is 2. The van der Waals surface area contributed by atoms with Gasteiger partial charge in [-0.3, -0.25) is 4.79 Å². The van der Waals surface area contributed by atoms with Crippen molar-refractivity contribution >= 4 is 11.6 Å². The summed E-state index contributed by atoms with van der Waals surface area (Å²) in [5.41, 5.74) is 7.75. The van der Waals surface area contributed by atoms with Crippen LogP contribution in [-0.2, 0) is 4.74 Å². The van der Waals surface area contributed by atoms with E-state index in [1.165, 1.54) is 5.57 Å². The Balaban J connectivity index is 2.06. The van der Waals surface area contributed by atoms with Crippen molar-refractivity contribution in [3.05, 3.63) is 35.7 Å². The lowest BCUT2D eigenvalue weighted by atomic mass is 10.1. The summed E-state index contributed by atoms with van der Waals surface area (Å²) in [6.45, 7) is 1.91. The Bertz CT molecular complexity index is 471. The number of ether oxygens (including phenoxy) is 1. The molecule has 0 atom stereocenters. The Hall–Kier alpha value is -1.88. The standard InChI is InChI=1S/C13H17N3O2/c1-18-9-10-4-7-16(8-5-10)13(17)12-11(14)3-2-6-15-12/h2-4,6H,5,7-9,14H2,1H3. The average Bonchev–Trinajstić information content (AvgIpc) is 2.40.